The molecule has 1 aromatic heterocycles. The van der Waals surface area contributed by atoms with E-state index in [1.807, 2.05) is 0 Å². The second kappa shape index (κ2) is 3.22. The molecule has 0 amide bonds. The van der Waals surface area contributed by atoms with Crippen LogP contribution in [0.2, 0.25) is 0 Å². The SMILES string of the molecule is CCn1c2c(c(=N)c3c1CCC3)CCC2. The zero-order chi connectivity index (χ0) is 10.4. The van der Waals surface area contributed by atoms with Crippen LogP contribution in [0.5, 0.6) is 0 Å². The van der Waals surface area contributed by atoms with Gasteiger partial charge in [0.25, 0.3) is 0 Å². The largest absolute Gasteiger partial charge is 0.348 e. The highest BCUT2D eigenvalue weighted by molar-refractivity contribution is 5.36. The third kappa shape index (κ3) is 1.14. The topological polar surface area (TPSA) is 28.8 Å². The Labute approximate surface area is 90.5 Å². The van der Waals surface area contributed by atoms with Crippen molar-refractivity contribution in [3.8, 4) is 0 Å². The molecule has 0 unspecified atom stereocenters. The van der Waals surface area contributed by atoms with Crippen LogP contribution in [0.25, 0.3) is 0 Å². The first-order valence-electron chi connectivity index (χ1n) is 6.13. The van der Waals surface area contributed by atoms with Crippen LogP contribution in [0.1, 0.15) is 42.3 Å². The number of hydrogen-bond donors (Lipinski definition) is 1. The molecule has 0 spiro atoms. The van der Waals surface area contributed by atoms with Crippen molar-refractivity contribution < 1.29 is 0 Å². The van der Waals surface area contributed by atoms with Crippen LogP contribution in [0.4, 0.5) is 0 Å². The van der Waals surface area contributed by atoms with Crippen molar-refractivity contribution >= 4 is 0 Å². The number of hydrogen-bond acceptors (Lipinski definition) is 1. The smallest absolute Gasteiger partial charge is 0.0638 e. The highest BCUT2D eigenvalue weighted by Crippen LogP contribution is 2.26. The molecule has 2 heteroatoms. The average molecular weight is 202 g/mol. The maximum Gasteiger partial charge on any atom is 0.0638 e. The van der Waals surface area contributed by atoms with Gasteiger partial charge in [0.15, 0.2) is 0 Å². The molecule has 0 saturated heterocycles. The van der Waals surface area contributed by atoms with Gasteiger partial charge in [-0.05, 0) is 56.6 Å². The molecule has 1 N–H and O–H groups in total. The van der Waals surface area contributed by atoms with Crippen LogP contribution in [0.15, 0.2) is 0 Å². The van der Waals surface area contributed by atoms with Crippen LogP contribution < -0.4 is 5.36 Å². The number of nitrogens with zero attached hydrogens (tertiary/aromatic N) is 1. The number of rotatable bonds is 1. The van der Waals surface area contributed by atoms with Crippen molar-refractivity contribution in [3.63, 3.8) is 0 Å². The van der Waals surface area contributed by atoms with Crippen molar-refractivity contribution in [2.75, 3.05) is 0 Å². The molecule has 80 valence electrons. The summed E-state index contributed by atoms with van der Waals surface area (Å²) in [5.74, 6) is 0. The minimum atomic E-state index is 0.889. The Morgan fingerprint density at radius 3 is 2.00 bits per heavy atom. The molecule has 0 saturated carbocycles. The summed E-state index contributed by atoms with van der Waals surface area (Å²) < 4.78 is 2.50. The highest BCUT2D eigenvalue weighted by Gasteiger charge is 2.24. The van der Waals surface area contributed by atoms with E-state index in [2.05, 4.69) is 11.5 Å². The van der Waals surface area contributed by atoms with Crippen LogP contribution in [-0.4, -0.2) is 4.57 Å². The predicted molar refractivity (Wildman–Crippen MR) is 60.0 cm³/mol. The van der Waals surface area contributed by atoms with Gasteiger partial charge in [-0.2, -0.15) is 0 Å². The molecular weight excluding hydrogens is 184 g/mol. The Balaban J connectivity index is 2.36. The molecule has 0 aromatic carbocycles. The van der Waals surface area contributed by atoms with Gasteiger partial charge in [0.2, 0.25) is 0 Å². The summed E-state index contributed by atoms with van der Waals surface area (Å²) in [5.41, 5.74) is 5.67. The second-order valence-corrected chi connectivity index (χ2v) is 4.68. The normalized spacial score (nSPS) is 17.9. The molecule has 15 heavy (non-hydrogen) atoms. The fraction of sp³-hybridized carbons (Fsp3) is 0.615. The molecule has 1 aromatic rings. The van der Waals surface area contributed by atoms with E-state index in [9.17, 15) is 0 Å². The molecule has 0 bridgehead atoms. The predicted octanol–water partition coefficient (Wildman–Crippen LogP) is 1.96. The number of fused-ring (bicyclic) bond motifs is 2. The Hall–Kier alpha value is -1.05. The van der Waals surface area contributed by atoms with Gasteiger partial charge in [0, 0.05) is 17.9 Å². The lowest BCUT2D eigenvalue weighted by molar-refractivity contribution is 0.664. The van der Waals surface area contributed by atoms with Crippen LogP contribution in [-0.2, 0) is 32.2 Å². The van der Waals surface area contributed by atoms with E-state index in [1.54, 1.807) is 0 Å². The van der Waals surface area contributed by atoms with Gasteiger partial charge in [0.05, 0.1) is 5.36 Å². The quantitative estimate of drug-likeness (QED) is 0.721. The van der Waals surface area contributed by atoms with E-state index in [0.29, 0.717) is 0 Å². The van der Waals surface area contributed by atoms with Gasteiger partial charge in [0.1, 0.15) is 0 Å². The summed E-state index contributed by atoms with van der Waals surface area (Å²) in [4.78, 5) is 0. The fourth-order valence-electron chi connectivity index (χ4n) is 3.32. The zero-order valence-electron chi connectivity index (χ0n) is 9.40. The van der Waals surface area contributed by atoms with Crippen LogP contribution in [0, 0.1) is 5.41 Å². The Bertz CT molecular complexity index is 430. The maximum atomic E-state index is 8.27. The standard InChI is InChI=1S/C13H18N2/c1-2-15-11-7-3-5-9(11)13(14)10-6-4-8-12(10)15/h14H,2-8H2,1H3. The number of aromatic nitrogens is 1. The summed E-state index contributed by atoms with van der Waals surface area (Å²) in [6.07, 6.45) is 7.18. The summed E-state index contributed by atoms with van der Waals surface area (Å²) in [6.45, 7) is 3.33. The van der Waals surface area contributed by atoms with E-state index in [4.69, 9.17) is 5.41 Å². The Morgan fingerprint density at radius 1 is 1.00 bits per heavy atom. The van der Waals surface area contributed by atoms with Crippen molar-refractivity contribution in [2.45, 2.75) is 52.0 Å². The monoisotopic (exact) mass is 202 g/mol. The van der Waals surface area contributed by atoms with E-state index < -0.39 is 0 Å². The Kier molecular flexibility index (Phi) is 1.98. The molecule has 0 radical (unpaired) electrons. The fourth-order valence-corrected chi connectivity index (χ4v) is 3.32. The molecule has 2 aliphatic rings. The first-order valence-corrected chi connectivity index (χ1v) is 6.13. The molecule has 0 atom stereocenters. The molecule has 0 aliphatic heterocycles. The summed E-state index contributed by atoms with van der Waals surface area (Å²) in [6, 6.07) is 0. The van der Waals surface area contributed by atoms with Crippen molar-refractivity contribution in [2.24, 2.45) is 0 Å². The first kappa shape index (κ1) is 9.20. The minimum absolute atomic E-state index is 0.889. The Morgan fingerprint density at radius 2 is 1.53 bits per heavy atom. The lowest BCUT2D eigenvalue weighted by Gasteiger charge is -2.17. The van der Waals surface area contributed by atoms with Gasteiger partial charge < -0.3 is 9.98 Å². The summed E-state index contributed by atoms with van der Waals surface area (Å²) in [7, 11) is 0. The molecule has 0 fully saturated rings. The highest BCUT2D eigenvalue weighted by atomic mass is 15.0. The third-order valence-corrected chi connectivity index (χ3v) is 3.95. The van der Waals surface area contributed by atoms with Gasteiger partial charge in [-0.25, -0.2) is 0 Å². The van der Waals surface area contributed by atoms with Crippen molar-refractivity contribution in [3.05, 3.63) is 27.9 Å². The van der Waals surface area contributed by atoms with Gasteiger partial charge in [-0.1, -0.05) is 0 Å². The van der Waals surface area contributed by atoms with Crippen molar-refractivity contribution in [1.29, 1.82) is 5.41 Å². The van der Waals surface area contributed by atoms with Gasteiger partial charge >= 0.3 is 0 Å². The average Bonchev–Trinajstić information content (AvgIpc) is 2.85. The zero-order valence-corrected chi connectivity index (χ0v) is 9.40. The summed E-state index contributed by atoms with van der Waals surface area (Å²) in [5, 5.41) is 9.16. The lowest BCUT2D eigenvalue weighted by Crippen LogP contribution is -2.21. The van der Waals surface area contributed by atoms with Gasteiger partial charge in [-0.15, -0.1) is 0 Å². The third-order valence-electron chi connectivity index (χ3n) is 3.95. The van der Waals surface area contributed by atoms with Crippen LogP contribution in [0.3, 0.4) is 0 Å². The molecule has 1 heterocycles. The molecule has 3 rings (SSSR count). The van der Waals surface area contributed by atoms with E-state index >= 15 is 0 Å². The first-order chi connectivity index (χ1) is 7.33. The van der Waals surface area contributed by atoms with Crippen molar-refractivity contribution in [1.82, 2.24) is 4.57 Å². The lowest BCUT2D eigenvalue weighted by atomic mass is 10.1. The van der Waals surface area contributed by atoms with Gasteiger partial charge in [-0.3, -0.25) is 0 Å². The molecular formula is C13H18N2. The second-order valence-electron chi connectivity index (χ2n) is 4.68. The number of nitrogens with one attached hydrogen (secondary N) is 1. The maximum absolute atomic E-state index is 8.27. The van der Waals surface area contributed by atoms with E-state index in [-0.39, 0.29) is 0 Å². The molecule has 2 nitrogen and oxygen atoms in total. The molecule has 2 aliphatic carbocycles. The summed E-state index contributed by atoms with van der Waals surface area (Å²) >= 11 is 0. The van der Waals surface area contributed by atoms with E-state index in [0.717, 1.165) is 24.7 Å². The number of pyridine rings is 1. The van der Waals surface area contributed by atoms with Crippen LogP contribution >= 0.6 is 0 Å². The minimum Gasteiger partial charge on any atom is -0.348 e. The van der Waals surface area contributed by atoms with E-state index in [1.165, 1.54) is 48.2 Å².